The van der Waals surface area contributed by atoms with Crippen molar-refractivity contribution in [1.82, 2.24) is 9.78 Å². The largest absolute Gasteiger partial charge is 0.493 e. The molecule has 2 aromatic rings. The van der Waals surface area contributed by atoms with E-state index in [1.165, 1.54) is 12.8 Å². The van der Waals surface area contributed by atoms with Crippen LogP contribution >= 0.6 is 15.9 Å². The van der Waals surface area contributed by atoms with E-state index in [2.05, 4.69) is 21.0 Å². The number of aryl methyl sites for hydroxylation is 1. The number of nitrogen functional groups attached to an aromatic ring is 1. The highest BCUT2D eigenvalue weighted by atomic mass is 79.9. The van der Waals surface area contributed by atoms with Crippen LogP contribution in [0.4, 0.5) is 5.82 Å². The van der Waals surface area contributed by atoms with Crippen LogP contribution in [-0.2, 0) is 7.05 Å². The molecule has 1 heterocycles. The van der Waals surface area contributed by atoms with Gasteiger partial charge in [0.1, 0.15) is 5.82 Å². The Morgan fingerprint density at radius 2 is 1.95 bits per heavy atom. The Morgan fingerprint density at radius 1 is 1.23 bits per heavy atom. The third kappa shape index (κ3) is 2.79. The monoisotopic (exact) mass is 365 g/mol. The van der Waals surface area contributed by atoms with Crippen molar-refractivity contribution in [3.8, 4) is 22.6 Å². The maximum absolute atomic E-state index is 6.10. The van der Waals surface area contributed by atoms with Crippen molar-refractivity contribution in [2.75, 3.05) is 12.8 Å². The van der Waals surface area contributed by atoms with Crippen LogP contribution in [0.1, 0.15) is 25.7 Å². The zero-order valence-electron chi connectivity index (χ0n) is 12.8. The quantitative estimate of drug-likeness (QED) is 0.895. The van der Waals surface area contributed by atoms with Crippen molar-refractivity contribution >= 4 is 21.7 Å². The highest BCUT2D eigenvalue weighted by Gasteiger charge is 2.21. The number of nitrogens with two attached hydrogens (primary N) is 1. The highest BCUT2D eigenvalue weighted by Crippen LogP contribution is 2.41. The summed E-state index contributed by atoms with van der Waals surface area (Å²) < 4.78 is 14.2. The van der Waals surface area contributed by atoms with Crippen LogP contribution in [0.25, 0.3) is 11.1 Å². The lowest BCUT2D eigenvalue weighted by Crippen LogP contribution is -2.11. The molecule has 0 bridgehead atoms. The summed E-state index contributed by atoms with van der Waals surface area (Å²) in [4.78, 5) is 0. The summed E-state index contributed by atoms with van der Waals surface area (Å²) >= 11 is 3.61. The average Bonchev–Trinajstić information content (AvgIpc) is 3.12. The van der Waals surface area contributed by atoms with Gasteiger partial charge in [-0.2, -0.15) is 5.10 Å². The van der Waals surface area contributed by atoms with Crippen LogP contribution < -0.4 is 15.2 Å². The van der Waals surface area contributed by atoms with E-state index < -0.39 is 0 Å². The molecule has 0 saturated heterocycles. The van der Waals surface area contributed by atoms with Gasteiger partial charge in [0.2, 0.25) is 0 Å². The molecule has 0 unspecified atom stereocenters. The first-order valence-corrected chi connectivity index (χ1v) is 8.21. The molecule has 118 valence electrons. The number of ether oxygens (including phenoxy) is 2. The zero-order valence-corrected chi connectivity index (χ0v) is 14.4. The fourth-order valence-corrected chi connectivity index (χ4v) is 3.37. The van der Waals surface area contributed by atoms with Gasteiger partial charge in [-0.1, -0.05) is 15.9 Å². The summed E-state index contributed by atoms with van der Waals surface area (Å²) in [5, 5.41) is 4.19. The predicted octanol–water partition coefficient (Wildman–Crippen LogP) is 3.76. The van der Waals surface area contributed by atoms with E-state index in [4.69, 9.17) is 15.2 Å². The second-order valence-electron chi connectivity index (χ2n) is 5.57. The molecule has 1 aromatic heterocycles. The summed E-state index contributed by atoms with van der Waals surface area (Å²) in [7, 11) is 3.47. The summed E-state index contributed by atoms with van der Waals surface area (Å²) in [5.41, 5.74) is 7.89. The Morgan fingerprint density at radius 3 is 2.55 bits per heavy atom. The second-order valence-corrected chi connectivity index (χ2v) is 6.43. The van der Waals surface area contributed by atoms with Gasteiger partial charge in [0.15, 0.2) is 11.5 Å². The number of halogens is 1. The SMILES string of the molecule is COc1cc(-c2cnn(C)c2N)c(Br)cc1OC1CCCC1. The van der Waals surface area contributed by atoms with Crippen LogP contribution in [0.3, 0.4) is 0 Å². The number of anilines is 1. The van der Waals surface area contributed by atoms with Gasteiger partial charge in [-0.15, -0.1) is 0 Å². The Bertz CT molecular complexity index is 678. The normalized spacial score (nSPS) is 15.2. The first-order chi connectivity index (χ1) is 10.6. The van der Waals surface area contributed by atoms with Crippen LogP contribution in [-0.4, -0.2) is 23.0 Å². The molecule has 22 heavy (non-hydrogen) atoms. The summed E-state index contributed by atoms with van der Waals surface area (Å²) in [6.45, 7) is 0. The van der Waals surface area contributed by atoms with E-state index in [0.717, 1.165) is 34.2 Å². The third-order valence-corrected chi connectivity index (χ3v) is 4.78. The van der Waals surface area contributed by atoms with Gasteiger partial charge in [-0.05, 0) is 37.8 Å². The molecule has 0 radical (unpaired) electrons. The first kappa shape index (κ1) is 15.2. The van der Waals surface area contributed by atoms with E-state index >= 15 is 0 Å². The maximum Gasteiger partial charge on any atom is 0.162 e. The number of hydrogen-bond acceptors (Lipinski definition) is 4. The van der Waals surface area contributed by atoms with E-state index in [0.29, 0.717) is 11.6 Å². The summed E-state index contributed by atoms with van der Waals surface area (Å²) in [6.07, 6.45) is 6.73. The molecule has 1 aliphatic rings. The molecule has 0 aliphatic heterocycles. The second kappa shape index (κ2) is 6.20. The van der Waals surface area contributed by atoms with E-state index in [1.54, 1.807) is 18.0 Å². The molecule has 0 spiro atoms. The van der Waals surface area contributed by atoms with Crippen LogP contribution in [0.2, 0.25) is 0 Å². The Hall–Kier alpha value is -1.69. The lowest BCUT2D eigenvalue weighted by Gasteiger charge is -2.17. The number of rotatable bonds is 4. The number of hydrogen-bond donors (Lipinski definition) is 1. The van der Waals surface area contributed by atoms with Crippen molar-refractivity contribution in [3.63, 3.8) is 0 Å². The lowest BCUT2D eigenvalue weighted by molar-refractivity contribution is 0.200. The molecule has 3 rings (SSSR count). The van der Waals surface area contributed by atoms with Gasteiger partial charge in [-0.25, -0.2) is 0 Å². The van der Waals surface area contributed by atoms with E-state index in [1.807, 2.05) is 19.2 Å². The minimum Gasteiger partial charge on any atom is -0.493 e. The standard InChI is InChI=1S/C16H20BrN3O2/c1-20-16(18)12(9-19-20)11-7-14(21-2)15(8-13(11)17)22-10-5-3-4-6-10/h7-10H,3-6,18H2,1-2H3. The molecule has 1 fully saturated rings. The van der Waals surface area contributed by atoms with Gasteiger partial charge >= 0.3 is 0 Å². The maximum atomic E-state index is 6.10. The lowest BCUT2D eigenvalue weighted by atomic mass is 10.1. The Labute approximate surface area is 138 Å². The minimum atomic E-state index is 0.287. The van der Waals surface area contributed by atoms with E-state index in [9.17, 15) is 0 Å². The third-order valence-electron chi connectivity index (χ3n) is 4.12. The van der Waals surface area contributed by atoms with Gasteiger partial charge < -0.3 is 15.2 Å². The molecule has 1 aliphatic carbocycles. The molecule has 2 N–H and O–H groups in total. The number of methoxy groups -OCH3 is 1. The zero-order chi connectivity index (χ0) is 15.7. The molecule has 1 saturated carbocycles. The van der Waals surface area contributed by atoms with Crippen molar-refractivity contribution in [2.24, 2.45) is 7.05 Å². The van der Waals surface area contributed by atoms with Crippen molar-refractivity contribution < 1.29 is 9.47 Å². The molecular weight excluding hydrogens is 346 g/mol. The van der Waals surface area contributed by atoms with Gasteiger partial charge in [0, 0.05) is 22.6 Å². The van der Waals surface area contributed by atoms with Crippen LogP contribution in [0.15, 0.2) is 22.8 Å². The number of benzene rings is 1. The van der Waals surface area contributed by atoms with Crippen LogP contribution in [0.5, 0.6) is 11.5 Å². The van der Waals surface area contributed by atoms with Gasteiger partial charge in [0.05, 0.1) is 19.4 Å². The van der Waals surface area contributed by atoms with Crippen molar-refractivity contribution in [2.45, 2.75) is 31.8 Å². The summed E-state index contributed by atoms with van der Waals surface area (Å²) in [6, 6.07) is 3.90. The fraction of sp³-hybridized carbons (Fsp3) is 0.438. The topological polar surface area (TPSA) is 62.3 Å². The Kier molecular flexibility index (Phi) is 4.29. The molecule has 0 atom stereocenters. The highest BCUT2D eigenvalue weighted by molar-refractivity contribution is 9.10. The Balaban J connectivity index is 1.97. The van der Waals surface area contributed by atoms with E-state index in [-0.39, 0.29) is 6.10 Å². The number of nitrogens with zero attached hydrogens (tertiary/aromatic N) is 2. The molecule has 5 nitrogen and oxygen atoms in total. The smallest absolute Gasteiger partial charge is 0.162 e. The predicted molar refractivity (Wildman–Crippen MR) is 90.2 cm³/mol. The fourth-order valence-electron chi connectivity index (χ4n) is 2.83. The van der Waals surface area contributed by atoms with Crippen molar-refractivity contribution in [3.05, 3.63) is 22.8 Å². The minimum absolute atomic E-state index is 0.287. The average molecular weight is 366 g/mol. The molecule has 0 amide bonds. The first-order valence-electron chi connectivity index (χ1n) is 7.42. The number of aromatic nitrogens is 2. The van der Waals surface area contributed by atoms with Crippen LogP contribution in [0, 0.1) is 0 Å². The van der Waals surface area contributed by atoms with Crippen molar-refractivity contribution in [1.29, 1.82) is 0 Å². The summed E-state index contributed by atoms with van der Waals surface area (Å²) in [5.74, 6) is 2.10. The van der Waals surface area contributed by atoms with Gasteiger partial charge in [0.25, 0.3) is 0 Å². The molecule has 6 heteroatoms. The molecule has 1 aromatic carbocycles. The molecular formula is C16H20BrN3O2. The van der Waals surface area contributed by atoms with Gasteiger partial charge in [-0.3, -0.25) is 4.68 Å².